The second kappa shape index (κ2) is 61.5. The predicted octanol–water partition coefficient (Wildman–Crippen LogP) is 32.1. The largest absolute Gasteiger partial charge is 0.508 e. The Bertz CT molecular complexity index is 5000. The number of nitrogens with two attached hydrogens (primary N) is 2. The maximum absolute atomic E-state index is 13.3. The maximum atomic E-state index is 13.3. The van der Waals surface area contributed by atoms with Crippen LogP contribution in [0.4, 0.5) is 43.9 Å². The van der Waals surface area contributed by atoms with Crippen molar-refractivity contribution in [3.63, 3.8) is 0 Å². The molecule has 0 aromatic heterocycles. The molecule has 758 valence electrons. The molecule has 2 amide bonds. The Morgan fingerprint density at radius 1 is 0.307 bits per heavy atom. The number of benzene rings is 10. The zero-order chi connectivity index (χ0) is 105. The lowest BCUT2D eigenvalue weighted by Crippen LogP contribution is -2.13. The van der Waals surface area contributed by atoms with Crippen LogP contribution in [0.3, 0.4) is 0 Å². The van der Waals surface area contributed by atoms with E-state index in [-0.39, 0.29) is 56.8 Å². The van der Waals surface area contributed by atoms with Gasteiger partial charge in [0.05, 0.1) is 49.4 Å². The van der Waals surface area contributed by atoms with Gasteiger partial charge in [0.15, 0.2) is 23.1 Å². The molecule has 0 aliphatic heterocycles. The van der Waals surface area contributed by atoms with Gasteiger partial charge in [-0.3, -0.25) is 9.59 Å². The summed E-state index contributed by atoms with van der Waals surface area (Å²) in [5.41, 5.74) is 19.8. The molecule has 0 aliphatic rings. The van der Waals surface area contributed by atoms with Crippen molar-refractivity contribution in [1.82, 2.24) is 0 Å². The topological polar surface area (TPSA) is 226 Å². The molecule has 0 bridgehead atoms. The fourth-order valence-electron chi connectivity index (χ4n) is 13.6. The molecule has 10 N–H and O–H groups in total. The number of aromatic hydroxyl groups is 6. The molecule has 137 heavy (non-hydrogen) atoms. The van der Waals surface area contributed by atoms with Crippen molar-refractivity contribution in [2.24, 2.45) is 70.6 Å². The van der Waals surface area contributed by atoms with Gasteiger partial charge < -0.3 is 51.6 Å². The van der Waals surface area contributed by atoms with Gasteiger partial charge in [-0.15, -0.1) is 0 Å². The molecule has 10 aromatic carbocycles. The highest BCUT2D eigenvalue weighted by Gasteiger charge is 2.35. The quantitative estimate of drug-likeness (QED) is 0.0253. The molecule has 0 saturated heterocycles. The van der Waals surface area contributed by atoms with Gasteiger partial charge in [-0.1, -0.05) is 238 Å². The molecule has 10 rings (SSSR count). The lowest BCUT2D eigenvalue weighted by molar-refractivity contribution is -0.139. The summed E-state index contributed by atoms with van der Waals surface area (Å²) in [7, 11) is 1.48. The van der Waals surface area contributed by atoms with Crippen molar-refractivity contribution in [3.05, 3.63) is 303 Å². The van der Waals surface area contributed by atoms with Gasteiger partial charge in [-0.2, -0.15) is 26.3 Å². The number of carbonyl (C=O) groups is 2. The molecule has 0 unspecified atom stereocenters. The van der Waals surface area contributed by atoms with Crippen molar-refractivity contribution in [3.8, 4) is 46.0 Å². The van der Waals surface area contributed by atoms with Crippen molar-refractivity contribution in [2.45, 2.75) is 261 Å². The molecule has 0 spiro atoms. The van der Waals surface area contributed by atoms with E-state index >= 15 is 0 Å². The highest BCUT2D eigenvalue weighted by Crippen LogP contribution is 2.39. The first-order valence-corrected chi connectivity index (χ1v) is 48.3. The van der Waals surface area contributed by atoms with E-state index in [4.69, 9.17) is 37.6 Å². The van der Waals surface area contributed by atoms with Crippen LogP contribution in [0.15, 0.2) is 191 Å². The molecule has 0 heterocycles. The Morgan fingerprint density at radius 2 is 0.584 bits per heavy atom. The zero-order valence-corrected chi connectivity index (χ0v) is 88.6. The second-order valence-electron chi connectivity index (χ2n) is 39.4. The Labute approximate surface area is 831 Å². The van der Waals surface area contributed by atoms with Crippen molar-refractivity contribution < 1.29 is 93.6 Å². The maximum Gasteiger partial charge on any atom is 0.419 e. The smallest absolute Gasteiger partial charge is 0.419 e. The van der Waals surface area contributed by atoms with Crippen LogP contribution in [0, 0.1) is 82.4 Å². The van der Waals surface area contributed by atoms with Crippen LogP contribution < -0.4 is 20.9 Å². The zero-order valence-electron chi connectivity index (χ0n) is 84.6. The summed E-state index contributed by atoms with van der Waals surface area (Å²) in [6.45, 7) is 52.2. The van der Waals surface area contributed by atoms with Crippen molar-refractivity contribution in [2.75, 3.05) is 7.11 Å². The summed E-state index contributed by atoms with van der Waals surface area (Å²) in [5.74, 6) is 2.80. The number of halogens is 13. The number of alkyl halides is 6. The van der Waals surface area contributed by atoms with Crippen molar-refractivity contribution in [1.29, 1.82) is 0 Å². The number of phenols is 6. The monoisotopic (exact) mass is 2060 g/mol. The average molecular weight is 2070 g/mol. The first kappa shape index (κ1) is 125. The number of ether oxygens (including phenoxy) is 2. The Balaban J connectivity index is 0.000000762. The van der Waals surface area contributed by atoms with E-state index in [2.05, 4.69) is 169 Å². The van der Waals surface area contributed by atoms with Gasteiger partial charge in [0.1, 0.15) is 46.1 Å². The molecule has 0 saturated carbocycles. The minimum Gasteiger partial charge on any atom is -0.508 e. The lowest BCUT2D eigenvalue weighted by Gasteiger charge is -2.21. The van der Waals surface area contributed by atoms with Crippen LogP contribution in [-0.4, -0.2) is 55.7 Å². The minimum absolute atomic E-state index is 0.00815. The van der Waals surface area contributed by atoms with E-state index in [9.17, 15) is 79.0 Å². The van der Waals surface area contributed by atoms with Gasteiger partial charge in [-0.25, -0.2) is 17.6 Å². The third-order valence-corrected chi connectivity index (χ3v) is 20.8. The number of hydrogen-bond acceptors (Lipinski definition) is 10. The van der Waals surface area contributed by atoms with Crippen LogP contribution in [0.1, 0.15) is 266 Å². The molecule has 0 atom stereocenters. The third kappa shape index (κ3) is 52.6. The predicted molar refractivity (Wildman–Crippen MR) is 548 cm³/mol. The SMILES string of the molecule is CC(C)Cc1ccc(Br)c(O)c1.CC(C)Cc1ccc(C(F)(F)F)c(O)c1.CC(C)Cc1ccc(F)c(C(N)=O)c1.CC(C)Cc1ccc(F)c(Cl)c1.CC(C)Cc1ccc(F)c(OC(C)C)c1.CC(C)Cc1ccc(O)c(Br)c1.CC(C)Cc1ccc(O)c(C(C)(C)C)c1.CC(C)Cc1ccc(O)c(C(F)(F)F)c1.CC(C)Cc1ccc(O)c(C(N)=O)c1.COc1cc(CC(C)C)ccc1F. The summed E-state index contributed by atoms with van der Waals surface area (Å²) >= 11 is 12.2. The molecule has 0 radical (unpaired) electrons. The summed E-state index contributed by atoms with van der Waals surface area (Å²) < 4.78 is 138. The normalized spacial score (nSPS) is 11.2. The minimum atomic E-state index is -4.49. The van der Waals surface area contributed by atoms with Gasteiger partial charge in [0.25, 0.3) is 11.8 Å². The fraction of sp³-hybridized carbons (Fsp3) is 0.446. The number of methoxy groups -OCH3 is 1. The number of rotatable bonds is 25. The van der Waals surface area contributed by atoms with Crippen LogP contribution in [-0.2, 0) is 82.0 Å². The van der Waals surface area contributed by atoms with E-state index in [0.717, 1.165) is 117 Å². The number of primary amides is 2. The molecule has 0 aliphatic carbocycles. The first-order valence-electron chi connectivity index (χ1n) is 46.3. The van der Waals surface area contributed by atoms with Crippen LogP contribution in [0.2, 0.25) is 5.02 Å². The highest BCUT2D eigenvalue weighted by molar-refractivity contribution is 9.11. The number of phenolic OH excluding ortho intramolecular Hbond substituents is 5. The third-order valence-electron chi connectivity index (χ3n) is 19.2. The molecule has 12 nitrogen and oxygen atoms in total. The van der Waals surface area contributed by atoms with Crippen molar-refractivity contribution >= 4 is 55.3 Å². The van der Waals surface area contributed by atoms with Gasteiger partial charge in [-0.05, 0) is 351 Å². The Kier molecular flexibility index (Phi) is 56.2. The van der Waals surface area contributed by atoms with E-state index in [0.29, 0.717) is 100 Å². The number of amides is 2. The van der Waals surface area contributed by atoms with Gasteiger partial charge in [0.2, 0.25) is 0 Å². The van der Waals surface area contributed by atoms with E-state index in [1.165, 1.54) is 78.4 Å². The molecular formula is C112H149Br2ClF10N2O10. The lowest BCUT2D eigenvalue weighted by atomic mass is 9.84. The van der Waals surface area contributed by atoms with Crippen LogP contribution >= 0.6 is 43.5 Å². The fourth-order valence-corrected chi connectivity index (χ4v) is 14.5. The molecule has 0 fully saturated rings. The summed E-state index contributed by atoms with van der Waals surface area (Å²) in [6, 6.07) is 49.0. The highest BCUT2D eigenvalue weighted by atomic mass is 79.9. The number of hydrogen-bond donors (Lipinski definition) is 8. The Hall–Kier alpha value is -9.91. The number of carbonyl (C=O) groups excluding carboxylic acids is 2. The van der Waals surface area contributed by atoms with Gasteiger partial charge in [0, 0.05) is 0 Å². The molecular weight excluding hydrogens is 1920 g/mol. The first-order chi connectivity index (χ1) is 63.3. The van der Waals surface area contributed by atoms with Gasteiger partial charge >= 0.3 is 12.4 Å². The van der Waals surface area contributed by atoms with E-state index in [1.807, 2.05) is 96.1 Å². The summed E-state index contributed by atoms with van der Waals surface area (Å²) in [6.07, 6.45) is -0.0453. The average Bonchev–Trinajstić information content (AvgIpc) is 0.822. The van der Waals surface area contributed by atoms with E-state index in [1.54, 1.807) is 48.5 Å². The van der Waals surface area contributed by atoms with Crippen LogP contribution in [0.25, 0.3) is 0 Å². The molecule has 25 heteroatoms. The molecule has 10 aromatic rings. The second-order valence-corrected chi connectivity index (χ2v) is 41.5. The summed E-state index contributed by atoms with van der Waals surface area (Å²) in [5, 5.41) is 56.3. The Morgan fingerprint density at radius 3 is 0.920 bits per heavy atom. The van der Waals surface area contributed by atoms with E-state index < -0.39 is 52.6 Å². The standard InChI is InChI=1S/C14H22O.C13H19FO.2C11H13F3O.C11H14FNO.C11H15FO.C11H15NO2.2C10H13BrO.C10H12ClF/c1-10(2)8-11-6-7-13(15)12(9-11)14(3,4)5;1-9(2)7-11-5-6-12(14)13(8-11)15-10(3)4;1-7(2)5-8-3-4-10(15)9(6-8)11(12,13)14;1-7(2)5-8-3-4-9(10(15)6-8)11(12,13)14;1-7(2)5-8-3-4-10(12)9(6-8)11(13)14;1-8(2)6-9-4-5-10(12)11(7-9)13-3;1-7(2)5-8-3-4-10(13)9(6-8)11(12)14;1-7(2)5-8-3-4-10(12)9(11)6-8;1-7(2)5-8-3-4-9(11)10(12)6-8;1-7(2)5-8-3-4-10(12)9(11)6-8/h6-7,9-10,15H,8H2,1-5H3;5-6,8-10H,7H2,1-4H3;2*3-4,6-7,15H,5H2,1-2H3;3-4,6-7H,5H2,1-2H3,(H2,13,14);4-5,7-8H,6H2,1-3H3;3-4,6-7,13H,5H2,1-2H3,(H2,12,14);2*3-4,6-7,12H,5H2,1-2H3;3-4,6-7H,5H2,1-2H3. The summed E-state index contributed by atoms with van der Waals surface area (Å²) in [4.78, 5) is 21.8. The van der Waals surface area contributed by atoms with Crippen LogP contribution in [0.5, 0.6) is 46.0 Å².